The van der Waals surface area contributed by atoms with E-state index in [1.807, 2.05) is 11.9 Å². The molecule has 0 aliphatic carbocycles. The minimum absolute atomic E-state index is 0.681. The lowest BCUT2D eigenvalue weighted by Gasteiger charge is -2.10. The zero-order chi connectivity index (χ0) is 7.82. The monoisotopic (exact) mass is 143 g/mol. The summed E-state index contributed by atoms with van der Waals surface area (Å²) < 4.78 is 4.83. The van der Waals surface area contributed by atoms with Crippen molar-refractivity contribution in [3.05, 3.63) is 0 Å². The number of nitrogens with zero attached hydrogens (tertiary/aromatic N) is 2. The van der Waals surface area contributed by atoms with Gasteiger partial charge >= 0.3 is 0 Å². The molecule has 0 amide bonds. The molecule has 0 rings (SSSR count). The molecule has 0 fully saturated rings. The first-order valence-electron chi connectivity index (χ1n) is 3.02. The van der Waals surface area contributed by atoms with E-state index < -0.39 is 0 Å². The standard InChI is InChI=1S/C6H13N3O/c1-9(3-4-10-2)6-8-5-7/h5-7H,3-4H2,1-2H3/b7-5?,8-6+. The maximum Gasteiger partial charge on any atom is 0.108 e. The van der Waals surface area contributed by atoms with Gasteiger partial charge in [-0.25, -0.2) is 4.99 Å². The zero-order valence-electron chi connectivity index (χ0n) is 6.37. The maximum absolute atomic E-state index is 6.59. The summed E-state index contributed by atoms with van der Waals surface area (Å²) in [6.45, 7) is 1.48. The summed E-state index contributed by atoms with van der Waals surface area (Å²) in [7, 11) is 3.54. The molecule has 4 heteroatoms. The highest BCUT2D eigenvalue weighted by atomic mass is 16.5. The van der Waals surface area contributed by atoms with E-state index in [1.165, 1.54) is 0 Å². The number of ether oxygens (including phenoxy) is 1. The normalized spacial score (nSPS) is 10.2. The van der Waals surface area contributed by atoms with Gasteiger partial charge in [0, 0.05) is 20.7 Å². The Balaban J connectivity index is 3.32. The van der Waals surface area contributed by atoms with Crippen LogP contribution in [0.25, 0.3) is 0 Å². The first-order valence-corrected chi connectivity index (χ1v) is 3.02. The Bertz CT molecular complexity index is 114. The summed E-state index contributed by atoms with van der Waals surface area (Å²) in [6, 6.07) is 0. The molecule has 1 N–H and O–H groups in total. The van der Waals surface area contributed by atoms with Crippen molar-refractivity contribution in [1.82, 2.24) is 4.90 Å². The quantitative estimate of drug-likeness (QED) is 0.441. The number of aliphatic imine (C=N–C) groups is 1. The van der Waals surface area contributed by atoms with Crippen molar-refractivity contribution in [3.63, 3.8) is 0 Å². The Morgan fingerprint density at radius 3 is 2.90 bits per heavy atom. The van der Waals surface area contributed by atoms with E-state index in [9.17, 15) is 0 Å². The van der Waals surface area contributed by atoms with E-state index in [0.717, 1.165) is 12.9 Å². The first-order chi connectivity index (χ1) is 4.81. The van der Waals surface area contributed by atoms with E-state index in [2.05, 4.69) is 4.99 Å². The van der Waals surface area contributed by atoms with Crippen LogP contribution in [-0.4, -0.2) is 44.9 Å². The smallest absolute Gasteiger partial charge is 0.108 e. The highest BCUT2D eigenvalue weighted by Gasteiger charge is 1.87. The fourth-order valence-corrected chi connectivity index (χ4v) is 0.440. The van der Waals surface area contributed by atoms with Crippen LogP contribution in [0.2, 0.25) is 0 Å². The molecule has 0 spiro atoms. The maximum atomic E-state index is 6.59. The van der Waals surface area contributed by atoms with Crippen molar-refractivity contribution in [3.8, 4) is 0 Å². The van der Waals surface area contributed by atoms with Gasteiger partial charge in [0.2, 0.25) is 0 Å². The Kier molecular flexibility index (Phi) is 5.66. The molecule has 0 saturated carbocycles. The second-order valence-corrected chi connectivity index (χ2v) is 1.87. The predicted molar refractivity (Wildman–Crippen MR) is 41.8 cm³/mol. The van der Waals surface area contributed by atoms with Crippen molar-refractivity contribution in [1.29, 1.82) is 5.41 Å². The van der Waals surface area contributed by atoms with Gasteiger partial charge in [0.25, 0.3) is 0 Å². The van der Waals surface area contributed by atoms with Gasteiger partial charge in [-0.3, -0.25) is 5.41 Å². The first kappa shape index (κ1) is 9.10. The molecule has 0 aromatic heterocycles. The zero-order valence-corrected chi connectivity index (χ0v) is 6.37. The van der Waals surface area contributed by atoms with Crippen LogP contribution in [0.4, 0.5) is 0 Å². The molecule has 0 unspecified atom stereocenters. The molecule has 0 atom stereocenters. The molecule has 0 aliphatic rings. The molecule has 0 aromatic carbocycles. The van der Waals surface area contributed by atoms with E-state index >= 15 is 0 Å². The third kappa shape index (κ3) is 5.24. The third-order valence-corrected chi connectivity index (χ3v) is 0.986. The molecular formula is C6H13N3O. The average molecular weight is 143 g/mol. The molecule has 0 aliphatic heterocycles. The molecule has 0 aromatic rings. The Hall–Kier alpha value is -0.900. The SMILES string of the molecule is COCCN(C)/C=N/C=N. The van der Waals surface area contributed by atoms with Crippen LogP contribution >= 0.6 is 0 Å². The van der Waals surface area contributed by atoms with Crippen LogP contribution in [0.5, 0.6) is 0 Å². The highest BCUT2D eigenvalue weighted by Crippen LogP contribution is 1.76. The van der Waals surface area contributed by atoms with E-state index in [-0.39, 0.29) is 0 Å². The summed E-state index contributed by atoms with van der Waals surface area (Å²) in [5.74, 6) is 0. The summed E-state index contributed by atoms with van der Waals surface area (Å²) in [6.07, 6.45) is 2.59. The van der Waals surface area contributed by atoms with Crippen LogP contribution in [0.1, 0.15) is 0 Å². The van der Waals surface area contributed by atoms with Gasteiger partial charge in [-0.15, -0.1) is 0 Å². The van der Waals surface area contributed by atoms with Crippen LogP contribution < -0.4 is 0 Å². The van der Waals surface area contributed by atoms with Gasteiger partial charge in [0.05, 0.1) is 12.9 Å². The molecule has 4 nitrogen and oxygen atoms in total. The molecule has 0 heterocycles. The van der Waals surface area contributed by atoms with Gasteiger partial charge in [0.1, 0.15) is 6.34 Å². The average Bonchev–Trinajstić information content (AvgIpc) is 1.97. The van der Waals surface area contributed by atoms with Crippen molar-refractivity contribution in [2.24, 2.45) is 4.99 Å². The minimum atomic E-state index is 0.681. The Labute approximate surface area is 61.0 Å². The number of likely N-dealkylation sites (N-methyl/N-ethyl adjacent to an activating group) is 1. The van der Waals surface area contributed by atoms with E-state index in [1.54, 1.807) is 13.4 Å². The van der Waals surface area contributed by atoms with Crippen molar-refractivity contribution in [2.75, 3.05) is 27.3 Å². The van der Waals surface area contributed by atoms with Crippen LogP contribution in [0, 0.1) is 5.41 Å². The molecule has 0 saturated heterocycles. The molecule has 58 valence electrons. The molecule has 0 radical (unpaired) electrons. The lowest BCUT2D eigenvalue weighted by molar-refractivity contribution is 0.184. The number of nitrogens with one attached hydrogen (secondary N) is 1. The molecular weight excluding hydrogens is 130 g/mol. The summed E-state index contributed by atoms with van der Waals surface area (Å²) in [4.78, 5) is 5.47. The number of hydrogen-bond donors (Lipinski definition) is 1. The van der Waals surface area contributed by atoms with Crippen molar-refractivity contribution in [2.45, 2.75) is 0 Å². The summed E-state index contributed by atoms with van der Waals surface area (Å²) in [5.41, 5.74) is 0. The lowest BCUT2D eigenvalue weighted by atomic mass is 10.6. The lowest BCUT2D eigenvalue weighted by Crippen LogP contribution is -2.20. The van der Waals surface area contributed by atoms with Crippen LogP contribution in [0.15, 0.2) is 4.99 Å². The van der Waals surface area contributed by atoms with Crippen molar-refractivity contribution >= 4 is 12.7 Å². The highest BCUT2D eigenvalue weighted by molar-refractivity contribution is 5.68. The second kappa shape index (κ2) is 6.22. The number of methoxy groups -OCH3 is 1. The molecule has 0 bridgehead atoms. The van der Waals surface area contributed by atoms with E-state index in [4.69, 9.17) is 10.1 Å². The predicted octanol–water partition coefficient (Wildman–Crippen LogP) is 0.200. The van der Waals surface area contributed by atoms with Gasteiger partial charge < -0.3 is 9.64 Å². The van der Waals surface area contributed by atoms with Gasteiger partial charge in [0.15, 0.2) is 0 Å². The fraction of sp³-hybridized carbons (Fsp3) is 0.667. The van der Waals surface area contributed by atoms with E-state index in [0.29, 0.717) is 6.61 Å². The molecule has 10 heavy (non-hydrogen) atoms. The summed E-state index contributed by atoms with van der Waals surface area (Å²) >= 11 is 0. The van der Waals surface area contributed by atoms with Gasteiger partial charge in [-0.05, 0) is 0 Å². The van der Waals surface area contributed by atoms with Crippen LogP contribution in [0.3, 0.4) is 0 Å². The summed E-state index contributed by atoms with van der Waals surface area (Å²) in [5, 5.41) is 6.59. The second-order valence-electron chi connectivity index (χ2n) is 1.87. The minimum Gasteiger partial charge on any atom is -0.383 e. The number of hydrogen-bond acceptors (Lipinski definition) is 2. The van der Waals surface area contributed by atoms with Gasteiger partial charge in [-0.1, -0.05) is 0 Å². The largest absolute Gasteiger partial charge is 0.383 e. The Morgan fingerprint density at radius 1 is 1.70 bits per heavy atom. The van der Waals surface area contributed by atoms with Crippen molar-refractivity contribution < 1.29 is 4.74 Å². The fourth-order valence-electron chi connectivity index (χ4n) is 0.440. The number of rotatable bonds is 5. The third-order valence-electron chi connectivity index (χ3n) is 0.986. The Morgan fingerprint density at radius 2 is 2.40 bits per heavy atom. The van der Waals surface area contributed by atoms with Gasteiger partial charge in [-0.2, -0.15) is 0 Å². The van der Waals surface area contributed by atoms with Crippen LogP contribution in [-0.2, 0) is 4.74 Å². The topological polar surface area (TPSA) is 48.7 Å².